The summed E-state index contributed by atoms with van der Waals surface area (Å²) < 4.78 is 5.51. The van der Waals surface area contributed by atoms with Gasteiger partial charge in [-0.3, -0.25) is 9.59 Å². The molecule has 174 valence electrons. The molecule has 0 aliphatic rings. The molecule has 2 aromatic heterocycles. The molecule has 4 rings (SSSR count). The van der Waals surface area contributed by atoms with Crippen LogP contribution in [0.2, 0.25) is 0 Å². The van der Waals surface area contributed by atoms with Crippen LogP contribution < -0.4 is 15.4 Å². The van der Waals surface area contributed by atoms with Gasteiger partial charge in [0.15, 0.2) is 5.13 Å². The highest BCUT2D eigenvalue weighted by Crippen LogP contribution is 2.31. The summed E-state index contributed by atoms with van der Waals surface area (Å²) in [6.07, 6.45) is 0.375. The van der Waals surface area contributed by atoms with Gasteiger partial charge in [-0.1, -0.05) is 36.4 Å². The van der Waals surface area contributed by atoms with Gasteiger partial charge >= 0.3 is 0 Å². The van der Waals surface area contributed by atoms with Crippen molar-refractivity contribution in [1.29, 1.82) is 0 Å². The van der Waals surface area contributed by atoms with Crippen LogP contribution in [0, 0.1) is 6.92 Å². The van der Waals surface area contributed by atoms with Gasteiger partial charge in [0.05, 0.1) is 17.2 Å². The number of aromatic nitrogens is 1. The van der Waals surface area contributed by atoms with Gasteiger partial charge in [0, 0.05) is 16.9 Å². The molecule has 8 heteroatoms. The predicted molar refractivity (Wildman–Crippen MR) is 138 cm³/mol. The second kappa shape index (κ2) is 11.1. The van der Waals surface area contributed by atoms with Crippen LogP contribution in [0.4, 0.5) is 5.13 Å². The normalized spacial score (nSPS) is 11.6. The predicted octanol–water partition coefficient (Wildman–Crippen LogP) is 5.56. The van der Waals surface area contributed by atoms with Crippen LogP contribution in [0.15, 0.2) is 72.1 Å². The van der Waals surface area contributed by atoms with E-state index in [1.165, 1.54) is 22.7 Å². The van der Waals surface area contributed by atoms with Crippen LogP contribution in [0.1, 0.15) is 27.0 Å². The van der Waals surface area contributed by atoms with Gasteiger partial charge in [-0.25, -0.2) is 4.98 Å². The Hall–Kier alpha value is -3.49. The Kier molecular flexibility index (Phi) is 7.72. The van der Waals surface area contributed by atoms with Crippen molar-refractivity contribution in [3.05, 3.63) is 87.4 Å². The maximum atomic E-state index is 13.2. The van der Waals surface area contributed by atoms with Crippen LogP contribution in [-0.2, 0) is 11.2 Å². The zero-order valence-electron chi connectivity index (χ0n) is 18.9. The van der Waals surface area contributed by atoms with Gasteiger partial charge in [0.25, 0.3) is 5.91 Å². The average molecular weight is 492 g/mol. The van der Waals surface area contributed by atoms with Crippen molar-refractivity contribution in [2.45, 2.75) is 26.3 Å². The Balaban J connectivity index is 1.51. The lowest BCUT2D eigenvalue weighted by Crippen LogP contribution is -2.45. The lowest BCUT2D eigenvalue weighted by Gasteiger charge is -2.17. The van der Waals surface area contributed by atoms with Gasteiger partial charge in [-0.05, 0) is 55.1 Å². The Morgan fingerprint density at radius 1 is 1.03 bits per heavy atom. The minimum atomic E-state index is -0.741. The van der Waals surface area contributed by atoms with Crippen LogP contribution in [0.3, 0.4) is 0 Å². The molecule has 0 aliphatic heterocycles. The van der Waals surface area contributed by atoms with E-state index in [1.807, 2.05) is 79.9 Å². The van der Waals surface area contributed by atoms with Gasteiger partial charge in [-0.2, -0.15) is 0 Å². The zero-order valence-corrected chi connectivity index (χ0v) is 20.5. The molecule has 2 N–H and O–H groups in total. The first-order valence-electron chi connectivity index (χ1n) is 10.9. The Morgan fingerprint density at radius 2 is 1.79 bits per heavy atom. The molecule has 1 atom stereocenters. The summed E-state index contributed by atoms with van der Waals surface area (Å²) in [4.78, 5) is 32.1. The van der Waals surface area contributed by atoms with Gasteiger partial charge < -0.3 is 15.4 Å². The molecule has 2 aromatic carbocycles. The molecule has 0 saturated heterocycles. The summed E-state index contributed by atoms with van der Waals surface area (Å²) >= 11 is 2.75. The molecule has 6 nitrogen and oxygen atoms in total. The summed E-state index contributed by atoms with van der Waals surface area (Å²) in [5.41, 5.74) is 2.72. The first kappa shape index (κ1) is 23.7. The van der Waals surface area contributed by atoms with E-state index in [1.54, 1.807) is 6.07 Å². The first-order chi connectivity index (χ1) is 16.5. The number of benzene rings is 2. The smallest absolute Gasteiger partial charge is 0.262 e. The average Bonchev–Trinajstić information content (AvgIpc) is 3.50. The van der Waals surface area contributed by atoms with E-state index in [4.69, 9.17) is 4.74 Å². The number of carbonyl (C=O) groups excluding carboxylic acids is 2. The molecule has 2 heterocycles. The number of hydrogen-bond donors (Lipinski definition) is 2. The number of carbonyl (C=O) groups is 2. The Labute approximate surface area is 206 Å². The van der Waals surface area contributed by atoms with Crippen LogP contribution >= 0.6 is 22.7 Å². The molecular weight excluding hydrogens is 466 g/mol. The van der Waals surface area contributed by atoms with E-state index in [0.717, 1.165) is 27.4 Å². The number of anilines is 1. The molecule has 0 bridgehead atoms. The van der Waals surface area contributed by atoms with Crippen molar-refractivity contribution >= 4 is 39.6 Å². The number of thiazole rings is 1. The number of nitrogens with one attached hydrogen (secondary N) is 2. The number of aryl methyl sites for hydroxylation is 1. The number of thiophene rings is 1. The molecular formula is C26H25N3O3S2. The summed E-state index contributed by atoms with van der Waals surface area (Å²) in [5, 5.41) is 8.12. The fourth-order valence-corrected chi connectivity index (χ4v) is 4.95. The lowest BCUT2D eigenvalue weighted by molar-refractivity contribution is -0.118. The molecule has 0 unspecified atom stereocenters. The van der Waals surface area contributed by atoms with E-state index in [2.05, 4.69) is 15.6 Å². The van der Waals surface area contributed by atoms with Crippen molar-refractivity contribution < 1.29 is 14.3 Å². The van der Waals surface area contributed by atoms with E-state index in [-0.39, 0.29) is 11.8 Å². The quantitative estimate of drug-likeness (QED) is 0.321. The molecule has 0 aliphatic carbocycles. The fourth-order valence-electron chi connectivity index (χ4n) is 3.48. The van der Waals surface area contributed by atoms with E-state index >= 15 is 0 Å². The van der Waals surface area contributed by atoms with Gasteiger partial charge in [0.1, 0.15) is 11.8 Å². The minimum absolute atomic E-state index is 0.267. The topological polar surface area (TPSA) is 80.3 Å². The summed E-state index contributed by atoms with van der Waals surface area (Å²) in [5.74, 6) is 0.232. The third kappa shape index (κ3) is 5.89. The number of ether oxygens (including phenoxy) is 1. The standard InChI is InChI=1S/C26H25N3O3S2/c1-3-32-20-13-11-19(12-14-20)23-17(2)34-26(28-23)29-24(30)21(16-18-8-5-4-6-9-18)27-25(31)22-10-7-15-33-22/h4-15,21H,3,16H2,1-2H3,(H,27,31)(H,28,29,30)/t21-/m0/s1. The molecule has 0 fully saturated rings. The van der Waals surface area contributed by atoms with Crippen molar-refractivity contribution in [3.8, 4) is 17.0 Å². The Bertz CT molecular complexity index is 1240. The van der Waals surface area contributed by atoms with Crippen molar-refractivity contribution in [2.75, 3.05) is 11.9 Å². The third-order valence-corrected chi connectivity index (χ3v) is 6.87. The molecule has 34 heavy (non-hydrogen) atoms. The van der Waals surface area contributed by atoms with Gasteiger partial charge in [0.2, 0.25) is 5.91 Å². The number of amides is 2. The number of hydrogen-bond acceptors (Lipinski definition) is 6. The van der Waals surface area contributed by atoms with Crippen LogP contribution in [0.5, 0.6) is 5.75 Å². The van der Waals surface area contributed by atoms with Crippen LogP contribution in [-0.4, -0.2) is 29.4 Å². The molecule has 0 radical (unpaired) electrons. The highest BCUT2D eigenvalue weighted by atomic mass is 32.1. The van der Waals surface area contributed by atoms with Crippen LogP contribution in [0.25, 0.3) is 11.3 Å². The van der Waals surface area contributed by atoms with Crippen molar-refractivity contribution in [3.63, 3.8) is 0 Å². The van der Waals surface area contributed by atoms with E-state index in [9.17, 15) is 9.59 Å². The van der Waals surface area contributed by atoms with E-state index in [0.29, 0.717) is 23.0 Å². The zero-order chi connectivity index (χ0) is 23.9. The lowest BCUT2D eigenvalue weighted by atomic mass is 10.1. The highest BCUT2D eigenvalue weighted by molar-refractivity contribution is 7.16. The fraction of sp³-hybridized carbons (Fsp3) is 0.192. The minimum Gasteiger partial charge on any atom is -0.494 e. The van der Waals surface area contributed by atoms with Gasteiger partial charge in [-0.15, -0.1) is 22.7 Å². The molecule has 0 saturated carbocycles. The second-order valence-electron chi connectivity index (χ2n) is 7.56. The first-order valence-corrected chi connectivity index (χ1v) is 12.6. The van der Waals surface area contributed by atoms with Crippen molar-refractivity contribution in [1.82, 2.24) is 10.3 Å². The second-order valence-corrected chi connectivity index (χ2v) is 9.71. The summed E-state index contributed by atoms with van der Waals surface area (Å²) in [7, 11) is 0. The summed E-state index contributed by atoms with van der Waals surface area (Å²) in [6.45, 7) is 4.53. The monoisotopic (exact) mass is 491 g/mol. The Morgan fingerprint density at radius 3 is 2.47 bits per heavy atom. The number of nitrogens with zero attached hydrogens (tertiary/aromatic N) is 1. The van der Waals surface area contributed by atoms with E-state index < -0.39 is 6.04 Å². The largest absolute Gasteiger partial charge is 0.494 e. The maximum absolute atomic E-state index is 13.2. The number of rotatable bonds is 9. The van der Waals surface area contributed by atoms with Crippen molar-refractivity contribution in [2.24, 2.45) is 0 Å². The molecule has 4 aromatic rings. The summed E-state index contributed by atoms with van der Waals surface area (Å²) in [6, 6.07) is 20.2. The SMILES string of the molecule is CCOc1ccc(-c2nc(NC(=O)[C@H](Cc3ccccc3)NC(=O)c3cccs3)sc2C)cc1. The maximum Gasteiger partial charge on any atom is 0.262 e. The molecule has 0 spiro atoms. The third-order valence-electron chi connectivity index (χ3n) is 5.11. The molecule has 2 amide bonds. The highest BCUT2D eigenvalue weighted by Gasteiger charge is 2.24.